The topological polar surface area (TPSA) is 85.8 Å². The Kier molecular flexibility index (Phi) is 3.96. The van der Waals surface area contributed by atoms with Crippen LogP contribution < -0.4 is 5.32 Å². The molecule has 1 N–H and O–H groups in total. The second-order valence-corrected chi connectivity index (χ2v) is 6.11. The van der Waals surface area contributed by atoms with Crippen LogP contribution >= 0.6 is 0 Å². The van der Waals surface area contributed by atoms with Crippen molar-refractivity contribution in [3.05, 3.63) is 71.2 Å². The number of tetrazole rings is 1. The number of carbonyl (C=O) groups is 1. The zero-order chi connectivity index (χ0) is 18.1. The van der Waals surface area contributed by atoms with Crippen molar-refractivity contribution in [1.82, 2.24) is 25.5 Å². The molecule has 1 amide bonds. The van der Waals surface area contributed by atoms with Crippen LogP contribution in [0, 0.1) is 13.8 Å². The average molecular weight is 347 g/mol. The lowest BCUT2D eigenvalue weighted by atomic mass is 10.1. The monoisotopic (exact) mass is 347 g/mol. The second kappa shape index (κ2) is 6.44. The summed E-state index contributed by atoms with van der Waals surface area (Å²) in [4.78, 5) is 12.4. The molecule has 7 heteroatoms. The summed E-state index contributed by atoms with van der Waals surface area (Å²) in [6, 6.07) is 15.2. The van der Waals surface area contributed by atoms with Gasteiger partial charge in [0.2, 0.25) is 0 Å². The zero-order valence-electron chi connectivity index (χ0n) is 14.4. The van der Waals surface area contributed by atoms with Crippen LogP contribution in [0.3, 0.4) is 0 Å². The van der Waals surface area contributed by atoms with Gasteiger partial charge in [-0.2, -0.15) is 4.68 Å². The number of aryl methyl sites for hydroxylation is 2. The molecule has 7 nitrogen and oxygen atoms in total. The van der Waals surface area contributed by atoms with E-state index >= 15 is 0 Å². The Morgan fingerprint density at radius 1 is 1.12 bits per heavy atom. The predicted octanol–water partition coefficient (Wildman–Crippen LogP) is 2.96. The fourth-order valence-electron chi connectivity index (χ4n) is 2.71. The van der Waals surface area contributed by atoms with E-state index in [4.69, 9.17) is 4.42 Å². The van der Waals surface area contributed by atoms with Gasteiger partial charge in [0.1, 0.15) is 5.58 Å². The predicted molar refractivity (Wildman–Crippen MR) is 96.0 cm³/mol. The number of aromatic nitrogens is 4. The van der Waals surface area contributed by atoms with Gasteiger partial charge in [0.25, 0.3) is 5.91 Å². The zero-order valence-corrected chi connectivity index (χ0v) is 14.4. The highest BCUT2D eigenvalue weighted by Crippen LogP contribution is 2.19. The summed E-state index contributed by atoms with van der Waals surface area (Å²) in [5.41, 5.74) is 3.88. The van der Waals surface area contributed by atoms with E-state index in [-0.39, 0.29) is 18.2 Å². The molecule has 0 saturated heterocycles. The first kappa shape index (κ1) is 16.0. The SMILES string of the molecule is Cc1ccc(-n2nnnc2CNC(=O)c2cc3ccccc3o2)cc1C. The number of benzene rings is 2. The van der Waals surface area contributed by atoms with Crippen LogP contribution in [-0.2, 0) is 6.54 Å². The van der Waals surface area contributed by atoms with Gasteiger partial charge in [-0.05, 0) is 59.7 Å². The molecule has 0 fully saturated rings. The third kappa shape index (κ3) is 2.95. The van der Waals surface area contributed by atoms with E-state index in [9.17, 15) is 4.79 Å². The highest BCUT2D eigenvalue weighted by molar-refractivity contribution is 5.95. The smallest absolute Gasteiger partial charge is 0.287 e. The minimum absolute atomic E-state index is 0.190. The molecule has 2 aromatic carbocycles. The molecule has 0 radical (unpaired) electrons. The van der Waals surface area contributed by atoms with Crippen LogP contribution in [0.2, 0.25) is 0 Å². The molecule has 0 saturated carbocycles. The molecular formula is C19H17N5O2. The third-order valence-electron chi connectivity index (χ3n) is 4.33. The Balaban J connectivity index is 1.52. The number of carbonyl (C=O) groups excluding carboxylic acids is 1. The van der Waals surface area contributed by atoms with Gasteiger partial charge in [0.15, 0.2) is 11.6 Å². The van der Waals surface area contributed by atoms with E-state index in [1.807, 2.05) is 56.3 Å². The number of fused-ring (bicyclic) bond motifs is 1. The molecule has 26 heavy (non-hydrogen) atoms. The lowest BCUT2D eigenvalue weighted by molar-refractivity contribution is 0.0924. The molecule has 2 aromatic heterocycles. The maximum absolute atomic E-state index is 12.4. The van der Waals surface area contributed by atoms with Crippen molar-refractivity contribution in [2.75, 3.05) is 0 Å². The van der Waals surface area contributed by atoms with Gasteiger partial charge in [-0.1, -0.05) is 24.3 Å². The Morgan fingerprint density at radius 2 is 1.96 bits per heavy atom. The van der Waals surface area contributed by atoms with Gasteiger partial charge in [0.05, 0.1) is 12.2 Å². The van der Waals surface area contributed by atoms with Crippen LogP contribution in [0.4, 0.5) is 0 Å². The van der Waals surface area contributed by atoms with E-state index in [1.54, 1.807) is 10.7 Å². The number of furan rings is 1. The first-order valence-electron chi connectivity index (χ1n) is 8.23. The van der Waals surface area contributed by atoms with Gasteiger partial charge < -0.3 is 9.73 Å². The largest absolute Gasteiger partial charge is 0.451 e. The highest BCUT2D eigenvalue weighted by Gasteiger charge is 2.14. The van der Waals surface area contributed by atoms with Crippen molar-refractivity contribution < 1.29 is 9.21 Å². The van der Waals surface area contributed by atoms with Crippen LogP contribution in [0.15, 0.2) is 52.9 Å². The quantitative estimate of drug-likeness (QED) is 0.613. The van der Waals surface area contributed by atoms with E-state index in [2.05, 4.69) is 20.8 Å². The molecule has 4 aromatic rings. The number of amides is 1. The van der Waals surface area contributed by atoms with Crippen LogP contribution in [0.1, 0.15) is 27.5 Å². The Hall–Kier alpha value is -3.48. The fourth-order valence-corrected chi connectivity index (χ4v) is 2.71. The molecule has 0 aliphatic heterocycles. The molecule has 0 aliphatic carbocycles. The summed E-state index contributed by atoms with van der Waals surface area (Å²) in [5, 5.41) is 15.4. The van der Waals surface area contributed by atoms with E-state index in [1.165, 1.54) is 5.56 Å². The van der Waals surface area contributed by atoms with Crippen LogP contribution in [-0.4, -0.2) is 26.1 Å². The van der Waals surface area contributed by atoms with E-state index < -0.39 is 0 Å². The van der Waals surface area contributed by atoms with E-state index in [0.29, 0.717) is 11.4 Å². The number of nitrogens with one attached hydrogen (secondary N) is 1. The number of para-hydroxylation sites is 1. The molecule has 0 aliphatic rings. The van der Waals surface area contributed by atoms with Gasteiger partial charge in [0, 0.05) is 5.39 Å². The molecule has 0 unspecified atom stereocenters. The van der Waals surface area contributed by atoms with Crippen molar-refractivity contribution in [2.24, 2.45) is 0 Å². The number of hydrogen-bond donors (Lipinski definition) is 1. The van der Waals surface area contributed by atoms with Crippen molar-refractivity contribution in [2.45, 2.75) is 20.4 Å². The van der Waals surface area contributed by atoms with Crippen molar-refractivity contribution in [3.8, 4) is 5.69 Å². The maximum Gasteiger partial charge on any atom is 0.287 e. The van der Waals surface area contributed by atoms with Gasteiger partial charge in [-0.3, -0.25) is 4.79 Å². The molecule has 0 atom stereocenters. The highest BCUT2D eigenvalue weighted by atomic mass is 16.3. The lowest BCUT2D eigenvalue weighted by Gasteiger charge is -2.07. The average Bonchev–Trinajstić information content (AvgIpc) is 3.28. The van der Waals surface area contributed by atoms with Gasteiger partial charge >= 0.3 is 0 Å². The van der Waals surface area contributed by atoms with Crippen LogP contribution in [0.5, 0.6) is 0 Å². The maximum atomic E-state index is 12.4. The summed E-state index contributed by atoms with van der Waals surface area (Å²) < 4.78 is 7.19. The van der Waals surface area contributed by atoms with Crippen molar-refractivity contribution in [1.29, 1.82) is 0 Å². The molecule has 4 rings (SSSR count). The van der Waals surface area contributed by atoms with E-state index in [0.717, 1.165) is 16.6 Å². The molecule has 0 bridgehead atoms. The standard InChI is InChI=1S/C19H17N5O2/c1-12-7-8-15(9-13(12)2)24-18(21-22-23-24)11-20-19(25)17-10-14-5-3-4-6-16(14)26-17/h3-10H,11H2,1-2H3,(H,20,25). The summed E-state index contributed by atoms with van der Waals surface area (Å²) in [5.74, 6) is 0.491. The van der Waals surface area contributed by atoms with Crippen molar-refractivity contribution in [3.63, 3.8) is 0 Å². The molecule has 2 heterocycles. The Morgan fingerprint density at radius 3 is 2.77 bits per heavy atom. The number of rotatable bonds is 4. The number of hydrogen-bond acceptors (Lipinski definition) is 5. The Labute approximate surface area is 149 Å². The van der Waals surface area contributed by atoms with Crippen LogP contribution in [0.25, 0.3) is 16.7 Å². The summed E-state index contributed by atoms with van der Waals surface area (Å²) in [7, 11) is 0. The van der Waals surface area contributed by atoms with Gasteiger partial charge in [-0.25, -0.2) is 0 Å². The van der Waals surface area contributed by atoms with Gasteiger partial charge in [-0.15, -0.1) is 5.10 Å². The lowest BCUT2D eigenvalue weighted by Crippen LogP contribution is -2.24. The number of nitrogens with zero attached hydrogens (tertiary/aromatic N) is 4. The minimum atomic E-state index is -0.309. The Bertz CT molecular complexity index is 1060. The normalized spacial score (nSPS) is 11.0. The summed E-state index contributed by atoms with van der Waals surface area (Å²) in [6.45, 7) is 4.27. The third-order valence-corrected chi connectivity index (χ3v) is 4.33. The minimum Gasteiger partial charge on any atom is -0.451 e. The van der Waals surface area contributed by atoms with Crippen molar-refractivity contribution >= 4 is 16.9 Å². The second-order valence-electron chi connectivity index (χ2n) is 6.11. The summed E-state index contributed by atoms with van der Waals surface area (Å²) >= 11 is 0. The molecule has 0 spiro atoms. The first-order chi connectivity index (χ1) is 12.6. The molecular weight excluding hydrogens is 330 g/mol. The molecule has 130 valence electrons. The summed E-state index contributed by atoms with van der Waals surface area (Å²) in [6.07, 6.45) is 0. The first-order valence-corrected chi connectivity index (χ1v) is 8.23. The fraction of sp³-hybridized carbons (Fsp3) is 0.158.